The predicted octanol–water partition coefficient (Wildman–Crippen LogP) is 4.86. The molecule has 0 bridgehead atoms. The van der Waals surface area contributed by atoms with E-state index in [-0.39, 0.29) is 0 Å². The van der Waals surface area contributed by atoms with Crippen molar-refractivity contribution in [3.05, 3.63) is 78.9 Å². The van der Waals surface area contributed by atoms with Gasteiger partial charge in [0.25, 0.3) is 0 Å². The zero-order chi connectivity index (χ0) is 13.4. The van der Waals surface area contributed by atoms with E-state index in [1.54, 1.807) is 0 Å². The summed E-state index contributed by atoms with van der Waals surface area (Å²) in [5.74, 6) is 0. The maximum absolute atomic E-state index is 4.76. The summed E-state index contributed by atoms with van der Waals surface area (Å²) in [4.78, 5) is 4.76. The Hall–Kier alpha value is -2.67. The van der Waals surface area contributed by atoms with Crippen LogP contribution in [0.5, 0.6) is 0 Å². The lowest BCUT2D eigenvalue weighted by Crippen LogP contribution is -1.88. The maximum atomic E-state index is 4.76. The molecule has 1 radical (unpaired) electrons. The highest BCUT2D eigenvalue weighted by molar-refractivity contribution is 6.09. The first-order valence-corrected chi connectivity index (χ1v) is 6.67. The highest BCUT2D eigenvalue weighted by Crippen LogP contribution is 2.34. The first kappa shape index (κ1) is 11.2. The Bertz CT molecular complexity index is 841. The van der Waals surface area contributed by atoms with Gasteiger partial charge in [-0.1, -0.05) is 60.7 Å². The van der Waals surface area contributed by atoms with Gasteiger partial charge in [-0.15, -0.1) is 0 Å². The fraction of sp³-hybridized carbons (Fsp3) is 0. The molecule has 0 fully saturated rings. The summed E-state index contributed by atoms with van der Waals surface area (Å²) in [6.07, 6.45) is 0. The van der Waals surface area contributed by atoms with Crippen LogP contribution in [0.4, 0.5) is 0 Å². The molecular weight excluding hydrogens is 242 g/mol. The maximum Gasteiger partial charge on any atom is 0.0715 e. The number of para-hydroxylation sites is 2. The molecule has 0 atom stereocenters. The van der Waals surface area contributed by atoms with Gasteiger partial charge in [0.15, 0.2) is 0 Å². The highest BCUT2D eigenvalue weighted by Gasteiger charge is 2.09. The molecule has 20 heavy (non-hydrogen) atoms. The Labute approximate surface area is 117 Å². The molecular formula is C19H12N. The van der Waals surface area contributed by atoms with Crippen molar-refractivity contribution < 1.29 is 0 Å². The molecule has 0 aliphatic rings. The Morgan fingerprint density at radius 1 is 0.650 bits per heavy atom. The third kappa shape index (κ3) is 1.68. The second-order valence-electron chi connectivity index (χ2n) is 4.81. The number of hydrogen-bond donors (Lipinski definition) is 0. The molecule has 1 aromatic heterocycles. The average Bonchev–Trinajstić information content (AvgIpc) is 2.53. The summed E-state index contributed by atoms with van der Waals surface area (Å²) in [7, 11) is 0. The van der Waals surface area contributed by atoms with Crippen LogP contribution < -0.4 is 0 Å². The number of aromatic nitrogens is 1. The van der Waals surface area contributed by atoms with E-state index >= 15 is 0 Å². The third-order valence-electron chi connectivity index (χ3n) is 3.59. The fourth-order valence-electron chi connectivity index (χ4n) is 2.70. The first-order valence-electron chi connectivity index (χ1n) is 6.67. The second kappa shape index (κ2) is 4.46. The van der Waals surface area contributed by atoms with Gasteiger partial charge in [0, 0.05) is 16.3 Å². The minimum atomic E-state index is 1.04. The van der Waals surface area contributed by atoms with Crippen molar-refractivity contribution in [2.24, 2.45) is 0 Å². The smallest absolute Gasteiger partial charge is 0.0715 e. The Morgan fingerprint density at radius 3 is 1.80 bits per heavy atom. The summed E-state index contributed by atoms with van der Waals surface area (Å²) >= 11 is 0. The SMILES string of the molecule is [c]1ccc(-c2c3ccccc3nc3ccccc23)cc1. The van der Waals surface area contributed by atoms with Crippen LogP contribution in [-0.4, -0.2) is 4.98 Å². The monoisotopic (exact) mass is 254 g/mol. The number of nitrogens with zero attached hydrogens (tertiary/aromatic N) is 1. The van der Waals surface area contributed by atoms with E-state index in [1.807, 2.05) is 24.3 Å². The van der Waals surface area contributed by atoms with Crippen LogP contribution in [0.3, 0.4) is 0 Å². The molecule has 0 saturated heterocycles. The summed E-state index contributed by atoms with van der Waals surface area (Å²) in [5, 5.41) is 2.38. The molecule has 0 saturated carbocycles. The molecule has 0 spiro atoms. The van der Waals surface area contributed by atoms with Crippen LogP contribution >= 0.6 is 0 Å². The van der Waals surface area contributed by atoms with Crippen molar-refractivity contribution >= 4 is 21.8 Å². The molecule has 0 amide bonds. The van der Waals surface area contributed by atoms with E-state index in [1.165, 1.54) is 21.9 Å². The predicted molar refractivity (Wildman–Crippen MR) is 83.5 cm³/mol. The molecule has 0 aliphatic heterocycles. The van der Waals surface area contributed by atoms with Gasteiger partial charge in [-0.25, -0.2) is 4.98 Å². The van der Waals surface area contributed by atoms with Crippen LogP contribution in [0.15, 0.2) is 72.8 Å². The molecule has 0 unspecified atom stereocenters. The molecule has 93 valence electrons. The molecule has 3 aromatic carbocycles. The van der Waals surface area contributed by atoms with Gasteiger partial charge in [-0.3, -0.25) is 0 Å². The van der Waals surface area contributed by atoms with Gasteiger partial charge in [-0.2, -0.15) is 0 Å². The zero-order valence-electron chi connectivity index (χ0n) is 10.9. The number of rotatable bonds is 1. The summed E-state index contributed by atoms with van der Waals surface area (Å²) < 4.78 is 0. The van der Waals surface area contributed by atoms with Crippen LogP contribution in [0, 0.1) is 6.07 Å². The molecule has 1 heterocycles. The van der Waals surface area contributed by atoms with Crippen molar-refractivity contribution in [3.8, 4) is 11.1 Å². The van der Waals surface area contributed by atoms with Gasteiger partial charge in [0.05, 0.1) is 11.0 Å². The molecule has 1 nitrogen and oxygen atoms in total. The number of pyridine rings is 1. The molecule has 0 aliphatic carbocycles. The molecule has 4 rings (SSSR count). The first-order chi connectivity index (χ1) is 9.93. The van der Waals surface area contributed by atoms with Crippen LogP contribution in [0.1, 0.15) is 0 Å². The van der Waals surface area contributed by atoms with Crippen LogP contribution in [0.2, 0.25) is 0 Å². The van der Waals surface area contributed by atoms with Crippen molar-refractivity contribution in [1.82, 2.24) is 4.98 Å². The molecule has 1 heteroatoms. The van der Waals surface area contributed by atoms with Gasteiger partial charge in [-0.05, 0) is 23.8 Å². The van der Waals surface area contributed by atoms with Crippen LogP contribution in [-0.2, 0) is 0 Å². The lowest BCUT2D eigenvalue weighted by atomic mass is 9.96. The Morgan fingerprint density at radius 2 is 1.20 bits per heavy atom. The van der Waals surface area contributed by atoms with E-state index in [2.05, 4.69) is 54.6 Å². The van der Waals surface area contributed by atoms with E-state index in [0.29, 0.717) is 0 Å². The van der Waals surface area contributed by atoms with E-state index in [9.17, 15) is 0 Å². The average molecular weight is 254 g/mol. The second-order valence-corrected chi connectivity index (χ2v) is 4.81. The van der Waals surface area contributed by atoms with Crippen molar-refractivity contribution in [3.63, 3.8) is 0 Å². The number of hydrogen-bond acceptors (Lipinski definition) is 1. The largest absolute Gasteiger partial charge is 0.248 e. The minimum Gasteiger partial charge on any atom is -0.248 e. The number of fused-ring (bicyclic) bond motifs is 2. The normalized spacial score (nSPS) is 11.0. The van der Waals surface area contributed by atoms with Gasteiger partial charge < -0.3 is 0 Å². The molecule has 4 aromatic rings. The minimum absolute atomic E-state index is 1.04. The summed E-state index contributed by atoms with van der Waals surface area (Å²) in [6.45, 7) is 0. The quantitative estimate of drug-likeness (QED) is 0.442. The number of benzene rings is 3. The van der Waals surface area contributed by atoms with E-state index in [4.69, 9.17) is 4.98 Å². The van der Waals surface area contributed by atoms with Crippen molar-refractivity contribution in [1.29, 1.82) is 0 Å². The van der Waals surface area contributed by atoms with E-state index < -0.39 is 0 Å². The Kier molecular flexibility index (Phi) is 2.49. The van der Waals surface area contributed by atoms with Gasteiger partial charge in [0.2, 0.25) is 0 Å². The van der Waals surface area contributed by atoms with Gasteiger partial charge >= 0.3 is 0 Å². The third-order valence-corrected chi connectivity index (χ3v) is 3.59. The lowest BCUT2D eigenvalue weighted by molar-refractivity contribution is 1.49. The summed E-state index contributed by atoms with van der Waals surface area (Å²) in [6, 6.07) is 27.8. The lowest BCUT2D eigenvalue weighted by Gasteiger charge is -2.10. The highest BCUT2D eigenvalue weighted by atomic mass is 14.7. The molecule has 0 N–H and O–H groups in total. The van der Waals surface area contributed by atoms with Crippen molar-refractivity contribution in [2.45, 2.75) is 0 Å². The summed E-state index contributed by atoms with van der Waals surface area (Å²) in [5.41, 5.74) is 4.53. The van der Waals surface area contributed by atoms with Crippen LogP contribution in [0.25, 0.3) is 32.9 Å². The topological polar surface area (TPSA) is 12.9 Å². The van der Waals surface area contributed by atoms with Crippen molar-refractivity contribution in [2.75, 3.05) is 0 Å². The standard InChI is InChI=1S/C19H12N/c1-2-8-14(9-3-1)19-15-10-4-6-12-17(15)20-18-13-7-5-11-16(18)19/h2-13H. The fourth-order valence-corrected chi connectivity index (χ4v) is 2.70. The van der Waals surface area contributed by atoms with E-state index in [0.717, 1.165) is 11.0 Å². The Balaban J connectivity index is 2.24. The van der Waals surface area contributed by atoms with Gasteiger partial charge in [0.1, 0.15) is 0 Å². The zero-order valence-corrected chi connectivity index (χ0v) is 10.9.